The lowest BCUT2D eigenvalue weighted by atomic mass is 10.2. The Hall–Kier alpha value is -2.93. The molecular formula is C18H15BrN4O2. The molecule has 0 saturated heterocycles. The van der Waals surface area contributed by atoms with Gasteiger partial charge in [0.15, 0.2) is 0 Å². The molecule has 0 bridgehead atoms. The molecule has 0 radical (unpaired) electrons. The van der Waals surface area contributed by atoms with Crippen molar-refractivity contribution in [2.24, 2.45) is 0 Å². The van der Waals surface area contributed by atoms with E-state index in [0.717, 1.165) is 15.7 Å². The summed E-state index contributed by atoms with van der Waals surface area (Å²) >= 11 is 3.50. The van der Waals surface area contributed by atoms with E-state index in [9.17, 15) is 9.90 Å². The van der Waals surface area contributed by atoms with Crippen molar-refractivity contribution in [2.45, 2.75) is 6.92 Å². The fourth-order valence-corrected chi connectivity index (χ4v) is 2.61. The maximum Gasteiger partial charge on any atom is 0.337 e. The number of nitrogens with zero attached hydrogens (tertiary/aromatic N) is 2. The van der Waals surface area contributed by atoms with Crippen molar-refractivity contribution in [3.05, 3.63) is 70.5 Å². The van der Waals surface area contributed by atoms with Crippen LogP contribution in [0.1, 0.15) is 15.9 Å². The van der Waals surface area contributed by atoms with Gasteiger partial charge in [0.05, 0.1) is 11.3 Å². The van der Waals surface area contributed by atoms with Gasteiger partial charge in [-0.25, -0.2) is 14.8 Å². The van der Waals surface area contributed by atoms with Crippen molar-refractivity contribution in [1.29, 1.82) is 0 Å². The summed E-state index contributed by atoms with van der Waals surface area (Å²) in [7, 11) is 0. The van der Waals surface area contributed by atoms with Crippen molar-refractivity contribution >= 4 is 44.9 Å². The van der Waals surface area contributed by atoms with E-state index in [-0.39, 0.29) is 5.56 Å². The van der Waals surface area contributed by atoms with Crippen LogP contribution < -0.4 is 10.6 Å². The minimum absolute atomic E-state index is 0.179. The monoisotopic (exact) mass is 398 g/mol. The van der Waals surface area contributed by atoms with Gasteiger partial charge in [-0.15, -0.1) is 0 Å². The lowest BCUT2D eigenvalue weighted by molar-refractivity contribution is 0.0698. The number of nitrogens with one attached hydrogen (secondary N) is 2. The largest absolute Gasteiger partial charge is 0.478 e. The fraction of sp³-hybridized carbons (Fsp3) is 0.0556. The topological polar surface area (TPSA) is 87.1 Å². The molecule has 0 aliphatic carbocycles. The fourth-order valence-electron chi connectivity index (χ4n) is 2.23. The van der Waals surface area contributed by atoms with E-state index in [1.54, 1.807) is 24.3 Å². The van der Waals surface area contributed by atoms with Gasteiger partial charge in [-0.3, -0.25) is 0 Å². The summed E-state index contributed by atoms with van der Waals surface area (Å²) in [5.74, 6) is 0.0958. The number of carboxylic acid groups (broad SMARTS) is 1. The zero-order valence-electron chi connectivity index (χ0n) is 13.3. The number of carboxylic acids is 1. The summed E-state index contributed by atoms with van der Waals surface area (Å²) in [6, 6.07) is 14.3. The predicted octanol–water partition coefficient (Wildman–Crippen LogP) is 4.73. The van der Waals surface area contributed by atoms with Gasteiger partial charge in [0.1, 0.15) is 18.0 Å². The SMILES string of the molecule is Cc1ccc(Nc2cc(Nc3ccccc3C(=O)O)ncn2)cc1Br. The van der Waals surface area contributed by atoms with Crippen molar-refractivity contribution in [3.8, 4) is 0 Å². The Kier molecular flexibility index (Phi) is 4.95. The molecule has 126 valence electrons. The summed E-state index contributed by atoms with van der Waals surface area (Å²) in [6.45, 7) is 2.01. The summed E-state index contributed by atoms with van der Waals surface area (Å²) < 4.78 is 1.00. The third-order valence-electron chi connectivity index (χ3n) is 3.53. The lowest BCUT2D eigenvalue weighted by Gasteiger charge is -2.11. The molecule has 3 rings (SSSR count). The highest BCUT2D eigenvalue weighted by Crippen LogP contribution is 2.25. The minimum Gasteiger partial charge on any atom is -0.478 e. The van der Waals surface area contributed by atoms with Gasteiger partial charge in [-0.1, -0.05) is 34.1 Å². The molecule has 2 aromatic carbocycles. The standard InChI is InChI=1S/C18H15BrN4O2/c1-11-6-7-12(8-14(11)19)22-16-9-17(21-10-20-16)23-15-5-3-2-4-13(15)18(24)25/h2-10H,1H3,(H,24,25)(H2,20,21,22,23). The van der Waals surface area contributed by atoms with Crippen LogP contribution in [0.15, 0.2) is 59.3 Å². The third kappa shape index (κ3) is 4.13. The molecule has 0 saturated carbocycles. The van der Waals surface area contributed by atoms with Crippen LogP contribution in [0.5, 0.6) is 0 Å². The lowest BCUT2D eigenvalue weighted by Crippen LogP contribution is -2.04. The van der Waals surface area contributed by atoms with Crippen LogP contribution in [0.4, 0.5) is 23.0 Å². The first-order valence-corrected chi connectivity index (χ1v) is 8.27. The number of aryl methyl sites for hydroxylation is 1. The van der Waals surface area contributed by atoms with Gasteiger partial charge in [-0.05, 0) is 36.8 Å². The number of benzene rings is 2. The van der Waals surface area contributed by atoms with Gasteiger partial charge in [0, 0.05) is 16.2 Å². The second kappa shape index (κ2) is 7.31. The Morgan fingerprint density at radius 1 is 1.04 bits per heavy atom. The van der Waals surface area contributed by atoms with E-state index in [4.69, 9.17) is 0 Å². The van der Waals surface area contributed by atoms with Crippen molar-refractivity contribution in [1.82, 2.24) is 9.97 Å². The van der Waals surface area contributed by atoms with Crippen LogP contribution in [0.2, 0.25) is 0 Å². The molecular weight excluding hydrogens is 384 g/mol. The number of hydrogen-bond acceptors (Lipinski definition) is 5. The number of aromatic nitrogens is 2. The second-order valence-electron chi connectivity index (χ2n) is 5.35. The molecule has 0 fully saturated rings. The Balaban J connectivity index is 1.82. The highest BCUT2D eigenvalue weighted by Gasteiger charge is 2.10. The molecule has 0 spiro atoms. The minimum atomic E-state index is -1.000. The Morgan fingerprint density at radius 2 is 1.76 bits per heavy atom. The Bertz CT molecular complexity index is 930. The van der Waals surface area contributed by atoms with Crippen molar-refractivity contribution < 1.29 is 9.90 Å². The van der Waals surface area contributed by atoms with E-state index in [0.29, 0.717) is 17.3 Å². The first-order chi connectivity index (χ1) is 12.0. The molecule has 7 heteroatoms. The third-order valence-corrected chi connectivity index (χ3v) is 4.39. The van der Waals surface area contributed by atoms with Crippen LogP contribution in [0, 0.1) is 6.92 Å². The van der Waals surface area contributed by atoms with Crippen LogP contribution in [-0.4, -0.2) is 21.0 Å². The highest BCUT2D eigenvalue weighted by molar-refractivity contribution is 9.10. The molecule has 6 nitrogen and oxygen atoms in total. The smallest absolute Gasteiger partial charge is 0.337 e. The van der Waals surface area contributed by atoms with Crippen molar-refractivity contribution in [3.63, 3.8) is 0 Å². The number of carbonyl (C=O) groups is 1. The first-order valence-electron chi connectivity index (χ1n) is 7.47. The maximum atomic E-state index is 11.3. The molecule has 0 aliphatic heterocycles. The average Bonchev–Trinajstić information content (AvgIpc) is 2.59. The van der Waals surface area contributed by atoms with Crippen LogP contribution >= 0.6 is 15.9 Å². The molecule has 1 aromatic heterocycles. The summed E-state index contributed by atoms with van der Waals surface area (Å²) in [5.41, 5.74) is 2.67. The molecule has 3 aromatic rings. The number of anilines is 4. The number of hydrogen-bond donors (Lipinski definition) is 3. The molecule has 1 heterocycles. The highest BCUT2D eigenvalue weighted by atomic mass is 79.9. The second-order valence-corrected chi connectivity index (χ2v) is 6.21. The number of rotatable bonds is 5. The predicted molar refractivity (Wildman–Crippen MR) is 101 cm³/mol. The first kappa shape index (κ1) is 16.9. The zero-order valence-corrected chi connectivity index (χ0v) is 14.9. The molecule has 0 atom stereocenters. The molecule has 3 N–H and O–H groups in total. The van der Waals surface area contributed by atoms with Gasteiger partial charge >= 0.3 is 5.97 Å². The number of halogens is 1. The van der Waals surface area contributed by atoms with E-state index < -0.39 is 5.97 Å². The summed E-state index contributed by atoms with van der Waals surface area (Å²) in [6.07, 6.45) is 1.41. The van der Waals surface area contributed by atoms with Crippen LogP contribution in [-0.2, 0) is 0 Å². The van der Waals surface area contributed by atoms with Crippen LogP contribution in [0.25, 0.3) is 0 Å². The van der Waals surface area contributed by atoms with E-state index in [1.165, 1.54) is 12.4 Å². The molecule has 0 amide bonds. The average molecular weight is 399 g/mol. The maximum absolute atomic E-state index is 11.3. The van der Waals surface area contributed by atoms with Gasteiger partial charge in [0.25, 0.3) is 0 Å². The van der Waals surface area contributed by atoms with E-state index >= 15 is 0 Å². The molecule has 25 heavy (non-hydrogen) atoms. The summed E-state index contributed by atoms with van der Waals surface area (Å²) in [4.78, 5) is 19.6. The van der Waals surface area contributed by atoms with Gasteiger partial charge in [-0.2, -0.15) is 0 Å². The van der Waals surface area contributed by atoms with E-state index in [2.05, 4.69) is 36.5 Å². The zero-order chi connectivity index (χ0) is 17.8. The molecule has 0 unspecified atom stereocenters. The van der Waals surface area contributed by atoms with E-state index in [1.807, 2.05) is 25.1 Å². The normalized spacial score (nSPS) is 10.3. The Labute approximate surface area is 153 Å². The molecule has 0 aliphatic rings. The summed E-state index contributed by atoms with van der Waals surface area (Å²) in [5, 5.41) is 15.5. The van der Waals surface area contributed by atoms with Gasteiger partial charge < -0.3 is 15.7 Å². The number of aromatic carboxylic acids is 1. The quantitative estimate of drug-likeness (QED) is 0.575. The van der Waals surface area contributed by atoms with Gasteiger partial charge in [0.2, 0.25) is 0 Å². The van der Waals surface area contributed by atoms with Crippen LogP contribution in [0.3, 0.4) is 0 Å². The number of para-hydroxylation sites is 1. The van der Waals surface area contributed by atoms with Crippen molar-refractivity contribution in [2.75, 3.05) is 10.6 Å². The Morgan fingerprint density at radius 3 is 2.48 bits per heavy atom.